The number of alkyl halides is 3. The molecule has 0 saturated carbocycles. The van der Waals surface area contributed by atoms with Crippen LogP contribution >= 0.6 is 0 Å². The molecule has 1 aliphatic rings. The molecular formula is C22H24F3N3O3. The lowest BCUT2D eigenvalue weighted by molar-refractivity contribution is -0.137. The van der Waals surface area contributed by atoms with E-state index in [2.05, 4.69) is 5.32 Å². The number of amides is 2. The largest absolute Gasteiger partial charge is 0.484 e. The third-order valence-electron chi connectivity index (χ3n) is 4.95. The lowest BCUT2D eigenvalue weighted by Crippen LogP contribution is -2.52. The smallest absolute Gasteiger partial charge is 0.416 e. The zero-order valence-electron chi connectivity index (χ0n) is 16.9. The topological polar surface area (TPSA) is 61.9 Å². The maximum atomic E-state index is 12.8. The minimum absolute atomic E-state index is 0.00287. The summed E-state index contributed by atoms with van der Waals surface area (Å²) >= 11 is 0. The maximum Gasteiger partial charge on any atom is 0.416 e. The van der Waals surface area contributed by atoms with Crippen molar-refractivity contribution in [2.45, 2.75) is 12.7 Å². The molecule has 6 nitrogen and oxygen atoms in total. The molecule has 0 bridgehead atoms. The fourth-order valence-electron chi connectivity index (χ4n) is 3.21. The van der Waals surface area contributed by atoms with Crippen LogP contribution in [0.4, 0.5) is 13.2 Å². The highest BCUT2D eigenvalue weighted by atomic mass is 19.4. The van der Waals surface area contributed by atoms with Gasteiger partial charge in [0.25, 0.3) is 5.91 Å². The summed E-state index contributed by atoms with van der Waals surface area (Å²) in [7, 11) is 0. The second-order valence-corrected chi connectivity index (χ2v) is 7.23. The molecule has 0 unspecified atom stereocenters. The zero-order chi connectivity index (χ0) is 22.3. The SMILES string of the molecule is O=C(CN1CCN(C(=O)COc2cccc(C(F)(F)F)c2)CC1)NCc1ccccc1. The van der Waals surface area contributed by atoms with Gasteiger partial charge in [-0.1, -0.05) is 36.4 Å². The Morgan fingerprint density at radius 1 is 0.968 bits per heavy atom. The first-order valence-corrected chi connectivity index (χ1v) is 9.92. The lowest BCUT2D eigenvalue weighted by atomic mass is 10.2. The van der Waals surface area contributed by atoms with Crippen molar-refractivity contribution >= 4 is 11.8 Å². The van der Waals surface area contributed by atoms with Gasteiger partial charge in [0.05, 0.1) is 12.1 Å². The van der Waals surface area contributed by atoms with Gasteiger partial charge in [-0.15, -0.1) is 0 Å². The molecular weight excluding hydrogens is 411 g/mol. The molecule has 31 heavy (non-hydrogen) atoms. The molecule has 0 atom stereocenters. The second-order valence-electron chi connectivity index (χ2n) is 7.23. The van der Waals surface area contributed by atoms with Crippen LogP contribution in [0.25, 0.3) is 0 Å². The van der Waals surface area contributed by atoms with Gasteiger partial charge in [0.2, 0.25) is 5.91 Å². The number of carbonyl (C=O) groups excluding carboxylic acids is 2. The fourth-order valence-corrected chi connectivity index (χ4v) is 3.21. The van der Waals surface area contributed by atoms with E-state index in [0.29, 0.717) is 32.7 Å². The Hall–Kier alpha value is -3.07. The van der Waals surface area contributed by atoms with Crippen LogP contribution in [-0.2, 0) is 22.3 Å². The molecule has 1 heterocycles. The minimum atomic E-state index is -4.47. The zero-order valence-corrected chi connectivity index (χ0v) is 16.9. The third kappa shape index (κ3) is 6.99. The standard InChI is InChI=1S/C22H24F3N3O3/c23-22(24,25)18-7-4-8-19(13-18)31-16-21(30)28-11-9-27(10-12-28)15-20(29)26-14-17-5-2-1-3-6-17/h1-8,13H,9-12,14-16H2,(H,26,29). The molecule has 3 rings (SSSR count). The van der Waals surface area contributed by atoms with Crippen molar-refractivity contribution < 1.29 is 27.5 Å². The van der Waals surface area contributed by atoms with Crippen molar-refractivity contribution in [3.8, 4) is 5.75 Å². The number of piperazine rings is 1. The predicted octanol–water partition coefficient (Wildman–Crippen LogP) is 2.54. The van der Waals surface area contributed by atoms with Gasteiger partial charge in [0.15, 0.2) is 6.61 Å². The normalized spacial score (nSPS) is 14.9. The number of nitrogens with zero attached hydrogens (tertiary/aromatic N) is 2. The summed E-state index contributed by atoms with van der Waals surface area (Å²) in [4.78, 5) is 28.0. The van der Waals surface area contributed by atoms with Crippen LogP contribution in [0.5, 0.6) is 5.75 Å². The Morgan fingerprint density at radius 2 is 1.68 bits per heavy atom. The van der Waals surface area contributed by atoms with Gasteiger partial charge < -0.3 is 15.0 Å². The summed E-state index contributed by atoms with van der Waals surface area (Å²) in [5, 5.41) is 2.87. The maximum absolute atomic E-state index is 12.8. The molecule has 0 spiro atoms. The average molecular weight is 435 g/mol. The molecule has 0 aliphatic carbocycles. The Kier molecular flexibility index (Phi) is 7.51. The van der Waals surface area contributed by atoms with Crippen LogP contribution in [0.3, 0.4) is 0 Å². The van der Waals surface area contributed by atoms with E-state index in [1.165, 1.54) is 12.1 Å². The van der Waals surface area contributed by atoms with Crippen molar-refractivity contribution in [1.29, 1.82) is 0 Å². The van der Waals surface area contributed by atoms with E-state index >= 15 is 0 Å². The Balaban J connectivity index is 1.38. The number of rotatable bonds is 7. The molecule has 1 fully saturated rings. The number of hydrogen-bond donors (Lipinski definition) is 1. The molecule has 2 aromatic carbocycles. The van der Waals surface area contributed by atoms with Gasteiger partial charge in [-0.3, -0.25) is 14.5 Å². The summed E-state index contributed by atoms with van der Waals surface area (Å²) < 4.78 is 43.5. The monoisotopic (exact) mass is 435 g/mol. The molecule has 1 aliphatic heterocycles. The third-order valence-corrected chi connectivity index (χ3v) is 4.95. The molecule has 1 saturated heterocycles. The summed E-state index contributed by atoms with van der Waals surface area (Å²) in [6, 6.07) is 14.1. The molecule has 2 amide bonds. The Morgan fingerprint density at radius 3 is 2.35 bits per heavy atom. The lowest BCUT2D eigenvalue weighted by Gasteiger charge is -2.34. The van der Waals surface area contributed by atoms with Gasteiger partial charge in [-0.2, -0.15) is 13.2 Å². The molecule has 9 heteroatoms. The van der Waals surface area contributed by atoms with E-state index in [0.717, 1.165) is 17.7 Å². The first kappa shape index (κ1) is 22.6. The van der Waals surface area contributed by atoms with Gasteiger partial charge in [-0.05, 0) is 23.8 Å². The number of hydrogen-bond acceptors (Lipinski definition) is 4. The summed E-state index contributed by atoms with van der Waals surface area (Å²) in [6.07, 6.45) is -4.47. The van der Waals surface area contributed by atoms with E-state index in [1.54, 1.807) is 4.90 Å². The van der Waals surface area contributed by atoms with E-state index in [-0.39, 0.29) is 30.7 Å². The number of halogens is 3. The van der Waals surface area contributed by atoms with Crippen molar-refractivity contribution in [1.82, 2.24) is 15.1 Å². The van der Waals surface area contributed by atoms with Crippen LogP contribution < -0.4 is 10.1 Å². The van der Waals surface area contributed by atoms with Crippen LogP contribution in [0.2, 0.25) is 0 Å². The van der Waals surface area contributed by atoms with Gasteiger partial charge in [-0.25, -0.2) is 0 Å². The van der Waals surface area contributed by atoms with Gasteiger partial charge in [0, 0.05) is 32.7 Å². The van der Waals surface area contributed by atoms with E-state index < -0.39 is 11.7 Å². The van der Waals surface area contributed by atoms with Crippen LogP contribution in [0, 0.1) is 0 Å². The fraction of sp³-hybridized carbons (Fsp3) is 0.364. The number of nitrogens with one attached hydrogen (secondary N) is 1. The van der Waals surface area contributed by atoms with Gasteiger partial charge in [0.1, 0.15) is 5.75 Å². The average Bonchev–Trinajstić information content (AvgIpc) is 2.77. The highest BCUT2D eigenvalue weighted by molar-refractivity contribution is 5.79. The van der Waals surface area contributed by atoms with Crippen LogP contribution in [0.15, 0.2) is 54.6 Å². The summed E-state index contributed by atoms with van der Waals surface area (Å²) in [5.74, 6) is -0.390. The van der Waals surface area contributed by atoms with Crippen molar-refractivity contribution in [3.63, 3.8) is 0 Å². The van der Waals surface area contributed by atoms with Crippen LogP contribution in [-0.4, -0.2) is 60.9 Å². The van der Waals surface area contributed by atoms with Crippen molar-refractivity contribution in [2.75, 3.05) is 39.3 Å². The second kappa shape index (κ2) is 10.3. The summed E-state index contributed by atoms with van der Waals surface area (Å²) in [5.41, 5.74) is 0.198. The van der Waals surface area contributed by atoms with Crippen LogP contribution in [0.1, 0.15) is 11.1 Å². The molecule has 1 N–H and O–H groups in total. The quantitative estimate of drug-likeness (QED) is 0.726. The first-order valence-electron chi connectivity index (χ1n) is 9.92. The summed E-state index contributed by atoms with van der Waals surface area (Å²) in [6.45, 7) is 2.30. The Labute approximate surface area is 178 Å². The number of carbonyl (C=O) groups is 2. The molecule has 166 valence electrons. The van der Waals surface area contributed by atoms with E-state index in [1.807, 2.05) is 35.2 Å². The van der Waals surface area contributed by atoms with Gasteiger partial charge >= 0.3 is 6.18 Å². The number of ether oxygens (including phenoxy) is 1. The highest BCUT2D eigenvalue weighted by Gasteiger charge is 2.30. The van der Waals surface area contributed by atoms with Crippen molar-refractivity contribution in [2.24, 2.45) is 0 Å². The van der Waals surface area contributed by atoms with E-state index in [9.17, 15) is 22.8 Å². The molecule has 2 aromatic rings. The van der Waals surface area contributed by atoms with Crippen molar-refractivity contribution in [3.05, 3.63) is 65.7 Å². The Bertz CT molecular complexity index is 882. The molecule has 0 radical (unpaired) electrons. The predicted molar refractivity (Wildman–Crippen MR) is 108 cm³/mol. The highest BCUT2D eigenvalue weighted by Crippen LogP contribution is 2.31. The first-order chi connectivity index (χ1) is 14.8. The number of benzene rings is 2. The van der Waals surface area contributed by atoms with E-state index in [4.69, 9.17) is 4.74 Å². The molecule has 0 aromatic heterocycles. The minimum Gasteiger partial charge on any atom is -0.484 e.